The van der Waals surface area contributed by atoms with Gasteiger partial charge in [-0.1, -0.05) is 23.7 Å². The van der Waals surface area contributed by atoms with Gasteiger partial charge in [0.2, 0.25) is 5.91 Å². The summed E-state index contributed by atoms with van der Waals surface area (Å²) in [7, 11) is 0. The molecule has 0 aromatic heterocycles. The van der Waals surface area contributed by atoms with Crippen LogP contribution in [0, 0.1) is 0 Å². The molecule has 0 radical (unpaired) electrons. The summed E-state index contributed by atoms with van der Waals surface area (Å²) < 4.78 is 5.30. The van der Waals surface area contributed by atoms with Crippen LogP contribution in [0.25, 0.3) is 0 Å². The minimum atomic E-state index is -0.931. The van der Waals surface area contributed by atoms with Gasteiger partial charge >= 0.3 is 5.97 Å². The Morgan fingerprint density at radius 3 is 2.91 bits per heavy atom. The predicted molar refractivity (Wildman–Crippen MR) is 85.3 cm³/mol. The number of benzene rings is 1. The molecule has 7 heteroatoms. The summed E-state index contributed by atoms with van der Waals surface area (Å²) in [5.41, 5.74) is 0. The summed E-state index contributed by atoms with van der Waals surface area (Å²) in [4.78, 5) is 26.0. The number of thioether (sulfide) groups is 1. The van der Waals surface area contributed by atoms with E-state index >= 15 is 0 Å². The lowest BCUT2D eigenvalue weighted by molar-refractivity contribution is -0.145. The summed E-state index contributed by atoms with van der Waals surface area (Å²) in [6.45, 7) is 2.93. The largest absolute Gasteiger partial charge is 0.481 e. The van der Waals surface area contributed by atoms with Gasteiger partial charge in [0.15, 0.2) is 0 Å². The third kappa shape index (κ3) is 4.38. The van der Waals surface area contributed by atoms with Crippen LogP contribution in [0.4, 0.5) is 0 Å². The highest BCUT2D eigenvalue weighted by Crippen LogP contribution is 2.31. The minimum absolute atomic E-state index is 0.0838. The first-order valence-corrected chi connectivity index (χ1v) is 8.26. The third-order valence-electron chi connectivity index (χ3n) is 3.41. The Morgan fingerprint density at radius 2 is 2.23 bits per heavy atom. The van der Waals surface area contributed by atoms with Gasteiger partial charge in [-0.25, -0.2) is 0 Å². The van der Waals surface area contributed by atoms with E-state index in [9.17, 15) is 9.59 Å². The maximum absolute atomic E-state index is 12.6. The Kier molecular flexibility index (Phi) is 6.11. The number of nitrogens with zero attached hydrogens (tertiary/aromatic N) is 1. The van der Waals surface area contributed by atoms with Crippen LogP contribution in [0.5, 0.6) is 0 Å². The number of carboxylic acid groups (broad SMARTS) is 1. The van der Waals surface area contributed by atoms with Crippen LogP contribution >= 0.6 is 23.4 Å². The second kappa shape index (κ2) is 7.85. The summed E-state index contributed by atoms with van der Waals surface area (Å²) in [6.07, 6.45) is -0.102. The molecule has 5 nitrogen and oxygen atoms in total. The van der Waals surface area contributed by atoms with Crippen LogP contribution in [0.3, 0.4) is 0 Å². The molecule has 0 aliphatic carbocycles. The zero-order valence-corrected chi connectivity index (χ0v) is 13.8. The highest BCUT2D eigenvalue weighted by molar-refractivity contribution is 8.00. The van der Waals surface area contributed by atoms with Crippen molar-refractivity contribution in [3.05, 3.63) is 29.3 Å². The molecule has 1 aliphatic rings. The number of carbonyl (C=O) groups is 2. The van der Waals surface area contributed by atoms with E-state index in [-0.39, 0.29) is 24.2 Å². The number of carboxylic acids is 1. The Labute approximate surface area is 138 Å². The first-order valence-electron chi connectivity index (χ1n) is 7.00. The van der Waals surface area contributed by atoms with Gasteiger partial charge in [-0.2, -0.15) is 0 Å². The number of hydrogen-bond acceptors (Lipinski definition) is 4. The molecule has 1 saturated heterocycles. The molecule has 1 aromatic carbocycles. The first kappa shape index (κ1) is 17.1. The van der Waals surface area contributed by atoms with Crippen molar-refractivity contribution in [2.75, 3.05) is 19.8 Å². The second-order valence-electron chi connectivity index (χ2n) is 5.05. The van der Waals surface area contributed by atoms with Gasteiger partial charge in [-0.3, -0.25) is 9.59 Å². The van der Waals surface area contributed by atoms with Crippen LogP contribution in [0.2, 0.25) is 5.02 Å². The highest BCUT2D eigenvalue weighted by atomic mass is 35.5. The fraction of sp³-hybridized carbons (Fsp3) is 0.467. The maximum Gasteiger partial charge on any atom is 0.305 e. The van der Waals surface area contributed by atoms with Crippen molar-refractivity contribution in [2.24, 2.45) is 0 Å². The molecule has 1 N–H and O–H groups in total. The summed E-state index contributed by atoms with van der Waals surface area (Å²) in [5.74, 6) is -1.01. The number of halogens is 1. The fourth-order valence-corrected chi connectivity index (χ4v) is 3.55. The predicted octanol–water partition coefficient (Wildman–Crippen LogP) is 2.52. The molecule has 0 spiro atoms. The normalized spacial score (nSPS) is 19.7. The van der Waals surface area contributed by atoms with E-state index in [1.165, 1.54) is 11.8 Å². The smallest absolute Gasteiger partial charge is 0.305 e. The number of hydrogen-bond donors (Lipinski definition) is 1. The number of carbonyl (C=O) groups excluding carboxylic acids is 1. The second-order valence-corrected chi connectivity index (χ2v) is 6.84. The van der Waals surface area contributed by atoms with Crippen molar-refractivity contribution in [3.63, 3.8) is 0 Å². The lowest BCUT2D eigenvalue weighted by Crippen LogP contribution is -2.51. The van der Waals surface area contributed by atoms with Gasteiger partial charge in [0.1, 0.15) is 0 Å². The van der Waals surface area contributed by atoms with Gasteiger partial charge in [0.05, 0.1) is 35.9 Å². The number of ether oxygens (including phenoxy) is 1. The van der Waals surface area contributed by atoms with Crippen LogP contribution < -0.4 is 0 Å². The molecule has 1 heterocycles. The Balaban J connectivity index is 2.04. The zero-order chi connectivity index (χ0) is 16.1. The van der Waals surface area contributed by atoms with Gasteiger partial charge in [0, 0.05) is 11.4 Å². The van der Waals surface area contributed by atoms with Gasteiger partial charge < -0.3 is 14.7 Å². The number of amides is 1. The van der Waals surface area contributed by atoms with Crippen molar-refractivity contribution >= 4 is 35.2 Å². The molecular formula is C15H18ClNO4S. The molecule has 2 atom stereocenters. The first-order chi connectivity index (χ1) is 10.5. The molecule has 2 unspecified atom stereocenters. The lowest BCUT2D eigenvalue weighted by atomic mass is 10.1. The highest BCUT2D eigenvalue weighted by Gasteiger charge is 2.32. The van der Waals surface area contributed by atoms with Crippen LogP contribution in [-0.2, 0) is 14.3 Å². The number of rotatable bonds is 5. The summed E-state index contributed by atoms with van der Waals surface area (Å²) in [5, 5.41) is 9.23. The monoisotopic (exact) mass is 343 g/mol. The van der Waals surface area contributed by atoms with E-state index < -0.39 is 12.0 Å². The fourth-order valence-electron chi connectivity index (χ4n) is 2.33. The van der Waals surface area contributed by atoms with E-state index in [2.05, 4.69) is 0 Å². The van der Waals surface area contributed by atoms with Crippen LogP contribution in [0.1, 0.15) is 13.3 Å². The average molecular weight is 344 g/mol. The van der Waals surface area contributed by atoms with Crippen molar-refractivity contribution in [1.29, 1.82) is 0 Å². The molecule has 0 saturated carbocycles. The topological polar surface area (TPSA) is 66.8 Å². The molecule has 1 fully saturated rings. The van der Waals surface area contributed by atoms with Gasteiger partial charge in [-0.05, 0) is 19.1 Å². The molecule has 1 amide bonds. The SMILES string of the molecule is CC(Sc1ccccc1Cl)C(=O)N1CCOCC1CC(=O)O. The van der Waals surface area contributed by atoms with Crippen molar-refractivity contribution in [1.82, 2.24) is 4.90 Å². The number of morpholine rings is 1. The van der Waals surface area contributed by atoms with Crippen molar-refractivity contribution in [3.8, 4) is 0 Å². The molecule has 1 aromatic rings. The summed E-state index contributed by atoms with van der Waals surface area (Å²) in [6, 6.07) is 6.94. The molecule has 0 bridgehead atoms. The van der Waals surface area contributed by atoms with Crippen molar-refractivity contribution in [2.45, 2.75) is 29.5 Å². The Hall–Kier alpha value is -1.24. The minimum Gasteiger partial charge on any atom is -0.481 e. The van der Waals surface area contributed by atoms with Crippen molar-refractivity contribution < 1.29 is 19.4 Å². The lowest BCUT2D eigenvalue weighted by Gasteiger charge is -2.36. The van der Waals surface area contributed by atoms with E-state index in [1.54, 1.807) is 11.0 Å². The standard InChI is InChI=1S/C15H18ClNO4S/c1-10(22-13-5-3-2-4-12(13)16)15(20)17-6-7-21-9-11(17)8-14(18)19/h2-5,10-11H,6-9H2,1H3,(H,18,19). The Bertz CT molecular complexity index is 554. The molecule has 2 rings (SSSR count). The zero-order valence-electron chi connectivity index (χ0n) is 12.2. The maximum atomic E-state index is 12.6. The Morgan fingerprint density at radius 1 is 1.50 bits per heavy atom. The average Bonchev–Trinajstić information content (AvgIpc) is 2.49. The van der Waals surface area contributed by atoms with Gasteiger partial charge in [0.25, 0.3) is 0 Å². The molecule has 120 valence electrons. The third-order valence-corrected chi connectivity index (χ3v) is 5.02. The van der Waals surface area contributed by atoms with Crippen LogP contribution in [-0.4, -0.2) is 52.9 Å². The molecule has 22 heavy (non-hydrogen) atoms. The quantitative estimate of drug-likeness (QED) is 0.832. The van der Waals surface area contributed by atoms with E-state index in [0.29, 0.717) is 18.2 Å². The summed E-state index contributed by atoms with van der Waals surface area (Å²) >= 11 is 7.49. The van der Waals surface area contributed by atoms with Gasteiger partial charge in [-0.15, -0.1) is 11.8 Å². The molecular weight excluding hydrogens is 326 g/mol. The van der Waals surface area contributed by atoms with E-state index in [4.69, 9.17) is 21.4 Å². The molecule has 1 aliphatic heterocycles. The van der Waals surface area contributed by atoms with E-state index in [0.717, 1.165) is 4.90 Å². The van der Waals surface area contributed by atoms with E-state index in [1.807, 2.05) is 25.1 Å². The van der Waals surface area contributed by atoms with Crippen LogP contribution in [0.15, 0.2) is 29.2 Å². The number of aliphatic carboxylic acids is 1.